The van der Waals surface area contributed by atoms with Crippen molar-refractivity contribution >= 4 is 9.84 Å². The zero-order chi connectivity index (χ0) is 13.7. The van der Waals surface area contributed by atoms with Crippen molar-refractivity contribution < 1.29 is 13.2 Å². The Bertz CT molecular complexity index is 305. The fourth-order valence-electron chi connectivity index (χ4n) is 1.48. The van der Waals surface area contributed by atoms with Crippen LogP contribution in [0.3, 0.4) is 0 Å². The first-order valence-electron chi connectivity index (χ1n) is 6.20. The number of ether oxygens (including phenoxy) is 1. The van der Waals surface area contributed by atoms with Gasteiger partial charge in [0.15, 0.2) is 9.84 Å². The summed E-state index contributed by atoms with van der Waals surface area (Å²) in [4.78, 5) is 0. The molecule has 0 unspecified atom stereocenters. The maximum absolute atomic E-state index is 11.9. The standard InChI is InChI=1S/C12H27NO3S/c1-6-12(7-2,10-13)16-8-9-17(14,15)11(3,4)5/h6-10,13H2,1-5H3. The molecule has 0 saturated heterocycles. The molecule has 0 atom stereocenters. The van der Waals surface area contributed by atoms with E-state index in [-0.39, 0.29) is 18.0 Å². The van der Waals surface area contributed by atoms with Crippen molar-refractivity contribution in [3.63, 3.8) is 0 Å². The van der Waals surface area contributed by atoms with E-state index < -0.39 is 14.6 Å². The van der Waals surface area contributed by atoms with Gasteiger partial charge in [-0.2, -0.15) is 0 Å². The number of hydrogen-bond acceptors (Lipinski definition) is 4. The highest BCUT2D eigenvalue weighted by Gasteiger charge is 2.30. The SMILES string of the molecule is CCC(CC)(CN)OCCS(=O)(=O)C(C)(C)C. The zero-order valence-corrected chi connectivity index (χ0v) is 12.6. The summed E-state index contributed by atoms with van der Waals surface area (Å²) in [5.74, 6) is 0.0538. The quantitative estimate of drug-likeness (QED) is 0.761. The second-order valence-corrected chi connectivity index (χ2v) is 8.24. The largest absolute Gasteiger partial charge is 0.373 e. The molecule has 0 rings (SSSR count). The van der Waals surface area contributed by atoms with Crippen LogP contribution in [-0.4, -0.2) is 37.7 Å². The van der Waals surface area contributed by atoms with Gasteiger partial charge < -0.3 is 10.5 Å². The number of nitrogens with two attached hydrogens (primary N) is 1. The summed E-state index contributed by atoms with van der Waals surface area (Å²) in [6.07, 6.45) is 1.60. The van der Waals surface area contributed by atoms with Crippen molar-refractivity contribution in [3.8, 4) is 0 Å². The Morgan fingerprint density at radius 1 is 1.12 bits per heavy atom. The van der Waals surface area contributed by atoms with Crippen LogP contribution in [0.1, 0.15) is 47.5 Å². The summed E-state index contributed by atoms with van der Waals surface area (Å²) in [5, 5.41) is 0. The van der Waals surface area contributed by atoms with E-state index in [4.69, 9.17) is 10.5 Å². The first kappa shape index (κ1) is 16.9. The van der Waals surface area contributed by atoms with Crippen LogP contribution >= 0.6 is 0 Å². The number of hydrogen-bond donors (Lipinski definition) is 1. The summed E-state index contributed by atoms with van der Waals surface area (Å²) in [5.41, 5.74) is 5.32. The Labute approximate surface area is 106 Å². The van der Waals surface area contributed by atoms with Crippen LogP contribution in [0.15, 0.2) is 0 Å². The molecule has 4 nitrogen and oxygen atoms in total. The van der Waals surface area contributed by atoms with E-state index in [1.54, 1.807) is 20.8 Å². The molecule has 0 spiro atoms. The van der Waals surface area contributed by atoms with E-state index in [0.717, 1.165) is 12.8 Å². The molecule has 0 aliphatic carbocycles. The topological polar surface area (TPSA) is 69.4 Å². The minimum atomic E-state index is -3.11. The molecule has 0 fully saturated rings. The Balaban J connectivity index is 4.43. The molecule has 0 aromatic carbocycles. The molecule has 0 amide bonds. The van der Waals surface area contributed by atoms with Crippen LogP contribution in [0.5, 0.6) is 0 Å². The van der Waals surface area contributed by atoms with Crippen molar-refractivity contribution in [2.45, 2.75) is 57.8 Å². The molecule has 104 valence electrons. The third-order valence-electron chi connectivity index (χ3n) is 3.35. The predicted molar refractivity (Wildman–Crippen MR) is 71.9 cm³/mol. The van der Waals surface area contributed by atoms with Crippen LogP contribution in [0.2, 0.25) is 0 Å². The highest BCUT2D eigenvalue weighted by atomic mass is 32.2. The van der Waals surface area contributed by atoms with E-state index in [1.165, 1.54) is 0 Å². The third kappa shape index (κ3) is 4.56. The first-order valence-corrected chi connectivity index (χ1v) is 7.85. The number of sulfone groups is 1. The van der Waals surface area contributed by atoms with Crippen molar-refractivity contribution in [2.75, 3.05) is 18.9 Å². The van der Waals surface area contributed by atoms with Crippen molar-refractivity contribution in [1.29, 1.82) is 0 Å². The van der Waals surface area contributed by atoms with Gasteiger partial charge in [0.2, 0.25) is 0 Å². The van der Waals surface area contributed by atoms with Crippen LogP contribution in [-0.2, 0) is 14.6 Å². The maximum atomic E-state index is 11.9. The lowest BCUT2D eigenvalue weighted by atomic mass is 9.97. The monoisotopic (exact) mass is 265 g/mol. The smallest absolute Gasteiger partial charge is 0.157 e. The van der Waals surface area contributed by atoms with E-state index in [9.17, 15) is 8.42 Å². The predicted octanol–water partition coefficient (Wildman–Crippen LogP) is 1.73. The van der Waals surface area contributed by atoms with Gasteiger partial charge in [-0.15, -0.1) is 0 Å². The molecule has 0 saturated carbocycles. The lowest BCUT2D eigenvalue weighted by Crippen LogP contribution is -2.41. The average Bonchev–Trinajstić information content (AvgIpc) is 2.23. The molecule has 17 heavy (non-hydrogen) atoms. The van der Waals surface area contributed by atoms with Crippen molar-refractivity contribution in [2.24, 2.45) is 5.73 Å². The van der Waals surface area contributed by atoms with Gasteiger partial charge in [-0.1, -0.05) is 13.8 Å². The molecular weight excluding hydrogens is 238 g/mol. The van der Waals surface area contributed by atoms with Crippen molar-refractivity contribution in [3.05, 3.63) is 0 Å². The minimum Gasteiger partial charge on any atom is -0.373 e. The highest BCUT2D eigenvalue weighted by Crippen LogP contribution is 2.20. The Morgan fingerprint density at radius 2 is 1.59 bits per heavy atom. The van der Waals surface area contributed by atoms with Crippen LogP contribution < -0.4 is 5.73 Å². The van der Waals surface area contributed by atoms with Gasteiger partial charge >= 0.3 is 0 Å². The summed E-state index contributed by atoms with van der Waals surface area (Å²) >= 11 is 0. The maximum Gasteiger partial charge on any atom is 0.157 e. The Kier molecular flexibility index (Phi) is 6.11. The highest BCUT2D eigenvalue weighted by molar-refractivity contribution is 7.92. The van der Waals surface area contributed by atoms with E-state index in [0.29, 0.717) is 6.54 Å². The number of rotatable bonds is 7. The van der Waals surface area contributed by atoms with Gasteiger partial charge in [0.05, 0.1) is 22.7 Å². The molecule has 0 heterocycles. The second-order valence-electron chi connectivity index (χ2n) is 5.37. The summed E-state index contributed by atoms with van der Waals surface area (Å²) < 4.78 is 28.8. The van der Waals surface area contributed by atoms with Crippen molar-refractivity contribution in [1.82, 2.24) is 0 Å². The Morgan fingerprint density at radius 3 is 1.88 bits per heavy atom. The van der Waals surface area contributed by atoms with Gasteiger partial charge in [0.1, 0.15) is 0 Å². The van der Waals surface area contributed by atoms with E-state index >= 15 is 0 Å². The molecule has 2 N–H and O–H groups in total. The van der Waals surface area contributed by atoms with Gasteiger partial charge in [0, 0.05) is 6.54 Å². The van der Waals surface area contributed by atoms with Crippen LogP contribution in [0.4, 0.5) is 0 Å². The fraction of sp³-hybridized carbons (Fsp3) is 1.00. The molecule has 0 radical (unpaired) electrons. The van der Waals surface area contributed by atoms with Gasteiger partial charge in [0.25, 0.3) is 0 Å². The van der Waals surface area contributed by atoms with Gasteiger partial charge in [-0.25, -0.2) is 8.42 Å². The molecule has 5 heteroatoms. The van der Waals surface area contributed by atoms with Gasteiger partial charge in [-0.3, -0.25) is 0 Å². The summed E-state index contributed by atoms with van der Waals surface area (Å²) in [7, 11) is -3.11. The fourth-order valence-corrected chi connectivity index (χ4v) is 2.39. The lowest BCUT2D eigenvalue weighted by Gasteiger charge is -2.31. The molecule has 0 aromatic heterocycles. The summed E-state index contributed by atoms with van der Waals surface area (Å²) in [6.45, 7) is 9.78. The molecule has 0 aromatic rings. The first-order chi connectivity index (χ1) is 7.64. The van der Waals surface area contributed by atoms with E-state index in [1.807, 2.05) is 13.8 Å². The van der Waals surface area contributed by atoms with Gasteiger partial charge in [-0.05, 0) is 33.6 Å². The molecule has 0 bridgehead atoms. The zero-order valence-electron chi connectivity index (χ0n) is 11.7. The lowest BCUT2D eigenvalue weighted by molar-refractivity contribution is -0.0368. The summed E-state index contributed by atoms with van der Waals surface area (Å²) in [6, 6.07) is 0. The molecule has 0 aliphatic rings. The van der Waals surface area contributed by atoms with E-state index in [2.05, 4.69) is 0 Å². The molecule has 0 aliphatic heterocycles. The minimum absolute atomic E-state index is 0.0538. The van der Waals surface area contributed by atoms with Crippen LogP contribution in [0, 0.1) is 0 Å². The Hall–Kier alpha value is -0.130. The molecular formula is C12H27NO3S. The second kappa shape index (κ2) is 6.16. The normalized spacial score (nSPS) is 14.0. The third-order valence-corrected chi connectivity index (χ3v) is 5.92. The van der Waals surface area contributed by atoms with Crippen LogP contribution in [0.25, 0.3) is 0 Å². The average molecular weight is 265 g/mol.